The minimum Gasteiger partial charge on any atom is -0.361 e. The van der Waals surface area contributed by atoms with Gasteiger partial charge in [-0.05, 0) is 25.8 Å². The van der Waals surface area contributed by atoms with Crippen LogP contribution in [0.1, 0.15) is 22.6 Å². The van der Waals surface area contributed by atoms with Crippen molar-refractivity contribution in [3.8, 4) is 0 Å². The van der Waals surface area contributed by atoms with E-state index in [1.165, 1.54) is 5.56 Å². The number of rotatable bonds is 7. The molecule has 0 bridgehead atoms. The maximum atomic E-state index is 11.8. The third-order valence-corrected chi connectivity index (χ3v) is 4.03. The predicted octanol–water partition coefficient (Wildman–Crippen LogP) is 2.28. The van der Waals surface area contributed by atoms with E-state index in [9.17, 15) is 4.79 Å². The molecule has 2 N–H and O–H groups in total. The summed E-state index contributed by atoms with van der Waals surface area (Å²) in [5.41, 5.74) is 3.04. The van der Waals surface area contributed by atoms with E-state index in [2.05, 4.69) is 32.9 Å². The largest absolute Gasteiger partial charge is 0.361 e. The van der Waals surface area contributed by atoms with Gasteiger partial charge in [0.2, 0.25) is 5.91 Å². The zero-order chi connectivity index (χ0) is 18.9. The molecule has 1 aromatic carbocycles. The van der Waals surface area contributed by atoms with E-state index in [0.29, 0.717) is 19.0 Å². The topological polar surface area (TPSA) is 82.8 Å². The minimum atomic E-state index is -0.0140. The molecule has 0 aliphatic heterocycles. The van der Waals surface area contributed by atoms with Crippen molar-refractivity contribution in [3.05, 3.63) is 52.9 Å². The first-order valence-corrected chi connectivity index (χ1v) is 8.65. The normalized spacial score (nSPS) is 10.9. The molecule has 148 valence electrons. The zero-order valence-electron chi connectivity index (χ0n) is 16.3. The number of likely N-dealkylation sites (N-methyl/N-ethyl adjacent to an activating group) is 1. The summed E-state index contributed by atoms with van der Waals surface area (Å²) >= 11 is 0. The SMILES string of the molecule is Cc1noc(C)c1CN=C(NCCc1ccccc1)NCC(=O)N(C)C.I. The molecule has 2 rings (SSSR count). The van der Waals surface area contributed by atoms with Crippen LogP contribution in [0.3, 0.4) is 0 Å². The molecule has 0 atom stereocenters. The summed E-state index contributed by atoms with van der Waals surface area (Å²) in [6.45, 7) is 5.11. The van der Waals surface area contributed by atoms with Crippen LogP contribution in [0.4, 0.5) is 0 Å². The Morgan fingerprint density at radius 3 is 2.48 bits per heavy atom. The Labute approximate surface area is 177 Å². The van der Waals surface area contributed by atoms with Gasteiger partial charge < -0.3 is 20.1 Å². The maximum absolute atomic E-state index is 11.8. The lowest BCUT2D eigenvalue weighted by Gasteiger charge is -2.15. The predicted molar refractivity (Wildman–Crippen MR) is 117 cm³/mol. The van der Waals surface area contributed by atoms with Gasteiger partial charge in [-0.1, -0.05) is 35.5 Å². The molecule has 1 aromatic heterocycles. The van der Waals surface area contributed by atoms with Crippen LogP contribution in [0.15, 0.2) is 39.8 Å². The smallest absolute Gasteiger partial charge is 0.241 e. The molecule has 0 spiro atoms. The number of halogens is 1. The molecular formula is C19H28IN5O2. The Morgan fingerprint density at radius 1 is 1.19 bits per heavy atom. The summed E-state index contributed by atoms with van der Waals surface area (Å²) in [7, 11) is 3.46. The number of nitrogens with one attached hydrogen (secondary N) is 2. The van der Waals surface area contributed by atoms with Crippen molar-refractivity contribution in [2.24, 2.45) is 4.99 Å². The molecule has 0 saturated carbocycles. The van der Waals surface area contributed by atoms with Gasteiger partial charge in [0.15, 0.2) is 5.96 Å². The number of aliphatic imine (C=N–C) groups is 1. The van der Waals surface area contributed by atoms with Crippen LogP contribution in [0, 0.1) is 13.8 Å². The van der Waals surface area contributed by atoms with Crippen molar-refractivity contribution in [1.29, 1.82) is 0 Å². The van der Waals surface area contributed by atoms with E-state index >= 15 is 0 Å². The molecule has 2 aromatic rings. The van der Waals surface area contributed by atoms with Crippen molar-refractivity contribution in [2.45, 2.75) is 26.8 Å². The fraction of sp³-hybridized carbons (Fsp3) is 0.421. The van der Waals surface area contributed by atoms with Gasteiger partial charge in [-0.15, -0.1) is 24.0 Å². The molecule has 1 heterocycles. The van der Waals surface area contributed by atoms with Gasteiger partial charge in [-0.25, -0.2) is 4.99 Å². The lowest BCUT2D eigenvalue weighted by atomic mass is 10.1. The van der Waals surface area contributed by atoms with Crippen LogP contribution >= 0.6 is 24.0 Å². The number of benzene rings is 1. The molecule has 27 heavy (non-hydrogen) atoms. The number of guanidine groups is 1. The van der Waals surface area contributed by atoms with E-state index in [1.54, 1.807) is 19.0 Å². The van der Waals surface area contributed by atoms with Crippen LogP contribution in [0.5, 0.6) is 0 Å². The number of amides is 1. The Bertz CT molecular complexity index is 724. The van der Waals surface area contributed by atoms with Gasteiger partial charge >= 0.3 is 0 Å². The van der Waals surface area contributed by atoms with E-state index < -0.39 is 0 Å². The van der Waals surface area contributed by atoms with Crippen LogP contribution in [0.2, 0.25) is 0 Å². The van der Waals surface area contributed by atoms with E-state index in [4.69, 9.17) is 4.52 Å². The fourth-order valence-electron chi connectivity index (χ4n) is 2.35. The van der Waals surface area contributed by atoms with Gasteiger partial charge in [-0.2, -0.15) is 0 Å². The van der Waals surface area contributed by atoms with Crippen LogP contribution in [-0.4, -0.2) is 49.1 Å². The summed E-state index contributed by atoms with van der Waals surface area (Å²) in [5, 5.41) is 10.3. The van der Waals surface area contributed by atoms with Crippen molar-refractivity contribution >= 4 is 35.8 Å². The van der Waals surface area contributed by atoms with Crippen molar-refractivity contribution in [2.75, 3.05) is 27.2 Å². The number of aryl methyl sites for hydroxylation is 2. The number of hydrogen-bond acceptors (Lipinski definition) is 4. The second-order valence-corrected chi connectivity index (χ2v) is 6.27. The minimum absolute atomic E-state index is 0. The molecule has 0 aliphatic carbocycles. The van der Waals surface area contributed by atoms with Crippen molar-refractivity contribution < 1.29 is 9.32 Å². The summed E-state index contributed by atoms with van der Waals surface area (Å²) in [6, 6.07) is 10.2. The van der Waals surface area contributed by atoms with E-state index in [-0.39, 0.29) is 36.4 Å². The molecule has 0 unspecified atom stereocenters. The summed E-state index contributed by atoms with van der Waals surface area (Å²) < 4.78 is 5.18. The van der Waals surface area contributed by atoms with Crippen LogP contribution < -0.4 is 10.6 Å². The lowest BCUT2D eigenvalue weighted by Crippen LogP contribution is -2.43. The van der Waals surface area contributed by atoms with Gasteiger partial charge in [0.1, 0.15) is 5.76 Å². The molecule has 7 nitrogen and oxygen atoms in total. The van der Waals surface area contributed by atoms with Gasteiger partial charge in [0.05, 0.1) is 18.8 Å². The Morgan fingerprint density at radius 2 is 1.89 bits per heavy atom. The van der Waals surface area contributed by atoms with Gasteiger partial charge in [0, 0.05) is 26.2 Å². The summed E-state index contributed by atoms with van der Waals surface area (Å²) in [6.07, 6.45) is 0.870. The average molecular weight is 485 g/mol. The Kier molecular flexibility index (Phi) is 9.84. The Balaban J connectivity index is 0.00000364. The molecule has 1 amide bonds. The summed E-state index contributed by atoms with van der Waals surface area (Å²) in [5.74, 6) is 1.34. The van der Waals surface area contributed by atoms with Crippen molar-refractivity contribution in [3.63, 3.8) is 0 Å². The number of hydrogen-bond donors (Lipinski definition) is 2. The zero-order valence-corrected chi connectivity index (χ0v) is 18.6. The van der Waals surface area contributed by atoms with Gasteiger partial charge in [0.25, 0.3) is 0 Å². The first kappa shape index (κ1) is 22.9. The number of carbonyl (C=O) groups excluding carboxylic acids is 1. The molecule has 0 saturated heterocycles. The first-order valence-electron chi connectivity index (χ1n) is 8.65. The molecular weight excluding hydrogens is 457 g/mol. The standard InChI is InChI=1S/C19H27N5O2.HI/c1-14-17(15(2)26-23-14)12-21-19(22-13-18(25)24(3)4)20-11-10-16-8-6-5-7-9-16;/h5-9H,10-13H2,1-4H3,(H2,20,21,22);1H. The number of aromatic nitrogens is 1. The maximum Gasteiger partial charge on any atom is 0.241 e. The Hall–Kier alpha value is -2.10. The van der Waals surface area contributed by atoms with E-state index in [0.717, 1.165) is 23.4 Å². The van der Waals surface area contributed by atoms with Crippen molar-refractivity contribution in [1.82, 2.24) is 20.7 Å². The van der Waals surface area contributed by atoms with Crippen LogP contribution in [-0.2, 0) is 17.8 Å². The average Bonchev–Trinajstić information content (AvgIpc) is 2.95. The molecule has 8 heteroatoms. The highest BCUT2D eigenvalue weighted by Gasteiger charge is 2.10. The second-order valence-electron chi connectivity index (χ2n) is 6.27. The lowest BCUT2D eigenvalue weighted by molar-refractivity contribution is -0.127. The quantitative estimate of drug-likeness (QED) is 0.357. The molecule has 0 aliphatic rings. The molecule has 0 radical (unpaired) electrons. The number of nitrogens with zero attached hydrogens (tertiary/aromatic N) is 3. The monoisotopic (exact) mass is 485 g/mol. The highest BCUT2D eigenvalue weighted by molar-refractivity contribution is 14.0. The third-order valence-electron chi connectivity index (χ3n) is 4.03. The van der Waals surface area contributed by atoms with Crippen LogP contribution in [0.25, 0.3) is 0 Å². The number of carbonyl (C=O) groups is 1. The third kappa shape index (κ3) is 7.58. The van der Waals surface area contributed by atoms with Gasteiger partial charge in [-0.3, -0.25) is 4.79 Å². The highest BCUT2D eigenvalue weighted by Crippen LogP contribution is 2.12. The first-order chi connectivity index (χ1) is 12.5. The fourth-order valence-corrected chi connectivity index (χ4v) is 2.35. The molecule has 0 fully saturated rings. The summed E-state index contributed by atoms with van der Waals surface area (Å²) in [4.78, 5) is 18.0. The highest BCUT2D eigenvalue weighted by atomic mass is 127. The van der Waals surface area contributed by atoms with E-state index in [1.807, 2.05) is 32.0 Å². The second kappa shape index (κ2) is 11.6.